The van der Waals surface area contributed by atoms with Crippen LogP contribution in [0.25, 0.3) is 0 Å². The molecular weight excluding hydrogens is 318 g/mol. The Labute approximate surface area is 148 Å². The minimum atomic E-state index is -0.666. The zero-order valence-corrected chi connectivity index (χ0v) is 14.8. The molecule has 25 heavy (non-hydrogen) atoms. The third-order valence-electron chi connectivity index (χ3n) is 4.95. The summed E-state index contributed by atoms with van der Waals surface area (Å²) in [6.45, 7) is 2.68. The van der Waals surface area contributed by atoms with E-state index in [2.05, 4.69) is 0 Å². The molecule has 2 aromatic rings. The standard InChI is InChI=1S/C20H27NO4/c1-15-8-9-17(25-15)10-11-20(23)21-12-4-2-3-6-16(21)14-18(22)19-7-5-13-24-19/h5,7-9,13,16,18,22H,2-4,6,10-12,14H2,1H3. The van der Waals surface area contributed by atoms with Crippen molar-refractivity contribution < 1.29 is 18.7 Å². The zero-order valence-electron chi connectivity index (χ0n) is 14.8. The molecule has 5 nitrogen and oxygen atoms in total. The van der Waals surface area contributed by atoms with Crippen molar-refractivity contribution in [1.29, 1.82) is 0 Å². The van der Waals surface area contributed by atoms with E-state index in [9.17, 15) is 9.90 Å². The van der Waals surface area contributed by atoms with Gasteiger partial charge in [-0.25, -0.2) is 0 Å². The predicted octanol–water partition coefficient (Wildman–Crippen LogP) is 4.01. The number of rotatable bonds is 6. The molecule has 1 aliphatic heterocycles. The first-order valence-electron chi connectivity index (χ1n) is 9.19. The van der Waals surface area contributed by atoms with Gasteiger partial charge in [-0.15, -0.1) is 0 Å². The molecule has 2 aromatic heterocycles. The summed E-state index contributed by atoms with van der Waals surface area (Å²) >= 11 is 0. The Bertz CT molecular complexity index is 661. The number of carbonyl (C=O) groups excluding carboxylic acids is 1. The quantitative estimate of drug-likeness (QED) is 0.859. The maximum atomic E-state index is 12.8. The van der Waals surface area contributed by atoms with Gasteiger partial charge in [0.2, 0.25) is 5.91 Å². The van der Waals surface area contributed by atoms with Gasteiger partial charge in [0, 0.05) is 31.8 Å². The molecule has 1 fully saturated rings. The topological polar surface area (TPSA) is 66.8 Å². The van der Waals surface area contributed by atoms with Gasteiger partial charge in [0.1, 0.15) is 23.4 Å². The molecule has 0 bridgehead atoms. The molecule has 1 N–H and O–H groups in total. The van der Waals surface area contributed by atoms with Crippen LogP contribution in [0, 0.1) is 6.92 Å². The Kier molecular flexibility index (Phi) is 5.97. The highest BCUT2D eigenvalue weighted by Crippen LogP contribution is 2.27. The summed E-state index contributed by atoms with van der Waals surface area (Å²) in [5.41, 5.74) is 0. The van der Waals surface area contributed by atoms with Crippen molar-refractivity contribution in [3.8, 4) is 0 Å². The van der Waals surface area contributed by atoms with Crippen LogP contribution >= 0.6 is 0 Å². The summed E-state index contributed by atoms with van der Waals surface area (Å²) in [7, 11) is 0. The molecule has 0 aliphatic carbocycles. The lowest BCUT2D eigenvalue weighted by Gasteiger charge is -2.31. The Balaban J connectivity index is 1.61. The monoisotopic (exact) mass is 345 g/mol. The van der Waals surface area contributed by atoms with Crippen molar-refractivity contribution >= 4 is 5.91 Å². The molecule has 0 aromatic carbocycles. The Morgan fingerprint density at radius 2 is 2.20 bits per heavy atom. The van der Waals surface area contributed by atoms with Crippen LogP contribution in [0.1, 0.15) is 61.9 Å². The van der Waals surface area contributed by atoms with E-state index in [1.54, 1.807) is 18.4 Å². The number of likely N-dealkylation sites (tertiary alicyclic amines) is 1. The fraction of sp³-hybridized carbons (Fsp3) is 0.550. The normalized spacial score (nSPS) is 19.6. The molecule has 0 radical (unpaired) electrons. The van der Waals surface area contributed by atoms with Gasteiger partial charge in [-0.05, 0) is 44.0 Å². The summed E-state index contributed by atoms with van der Waals surface area (Å²) in [6, 6.07) is 7.48. The lowest BCUT2D eigenvalue weighted by Crippen LogP contribution is -2.41. The molecule has 3 rings (SSSR count). The van der Waals surface area contributed by atoms with Crippen molar-refractivity contribution in [2.45, 2.75) is 64.0 Å². The predicted molar refractivity (Wildman–Crippen MR) is 94.0 cm³/mol. The van der Waals surface area contributed by atoms with Crippen LogP contribution in [0.5, 0.6) is 0 Å². The third-order valence-corrected chi connectivity index (χ3v) is 4.95. The first kappa shape index (κ1) is 17.8. The number of hydrogen-bond acceptors (Lipinski definition) is 4. The second kappa shape index (κ2) is 8.39. The first-order chi connectivity index (χ1) is 12.1. The fourth-order valence-corrected chi connectivity index (χ4v) is 3.60. The van der Waals surface area contributed by atoms with Gasteiger partial charge in [-0.1, -0.05) is 12.8 Å². The SMILES string of the molecule is Cc1ccc(CCC(=O)N2CCCCCC2CC(O)c2ccco2)o1. The maximum Gasteiger partial charge on any atom is 0.223 e. The average Bonchev–Trinajstić information content (AvgIpc) is 3.22. The maximum absolute atomic E-state index is 12.8. The van der Waals surface area contributed by atoms with Gasteiger partial charge < -0.3 is 18.8 Å². The molecule has 5 heteroatoms. The molecule has 0 spiro atoms. The van der Waals surface area contributed by atoms with Gasteiger partial charge in [-0.3, -0.25) is 4.79 Å². The van der Waals surface area contributed by atoms with E-state index in [-0.39, 0.29) is 11.9 Å². The van der Waals surface area contributed by atoms with E-state index < -0.39 is 6.10 Å². The smallest absolute Gasteiger partial charge is 0.223 e. The van der Waals surface area contributed by atoms with Crippen molar-refractivity contribution in [3.63, 3.8) is 0 Å². The van der Waals surface area contributed by atoms with Crippen LogP contribution in [0.2, 0.25) is 0 Å². The highest BCUT2D eigenvalue weighted by Gasteiger charge is 2.28. The average molecular weight is 345 g/mol. The van der Waals surface area contributed by atoms with Gasteiger partial charge in [0.15, 0.2) is 0 Å². The van der Waals surface area contributed by atoms with Gasteiger partial charge in [-0.2, -0.15) is 0 Å². The molecule has 2 unspecified atom stereocenters. The Morgan fingerprint density at radius 1 is 1.32 bits per heavy atom. The fourth-order valence-electron chi connectivity index (χ4n) is 3.60. The molecule has 1 amide bonds. The van der Waals surface area contributed by atoms with E-state index in [1.807, 2.05) is 24.0 Å². The van der Waals surface area contributed by atoms with E-state index >= 15 is 0 Å². The van der Waals surface area contributed by atoms with Gasteiger partial charge in [0.05, 0.1) is 6.26 Å². The first-order valence-corrected chi connectivity index (χ1v) is 9.19. The number of aliphatic hydroxyl groups is 1. The molecular formula is C20H27NO4. The van der Waals surface area contributed by atoms with Gasteiger partial charge in [0.25, 0.3) is 0 Å². The van der Waals surface area contributed by atoms with Crippen LogP contribution in [-0.2, 0) is 11.2 Å². The number of aliphatic hydroxyl groups excluding tert-OH is 1. The summed E-state index contributed by atoms with van der Waals surface area (Å²) in [5, 5.41) is 10.4. The van der Waals surface area contributed by atoms with Crippen LogP contribution in [0.3, 0.4) is 0 Å². The van der Waals surface area contributed by atoms with E-state index in [4.69, 9.17) is 8.83 Å². The van der Waals surface area contributed by atoms with Crippen molar-refractivity contribution in [3.05, 3.63) is 47.8 Å². The van der Waals surface area contributed by atoms with Gasteiger partial charge >= 0.3 is 0 Å². The van der Waals surface area contributed by atoms with Crippen molar-refractivity contribution in [1.82, 2.24) is 4.90 Å². The van der Waals surface area contributed by atoms with Crippen molar-refractivity contribution in [2.24, 2.45) is 0 Å². The zero-order chi connectivity index (χ0) is 17.6. The largest absolute Gasteiger partial charge is 0.467 e. The molecule has 1 saturated heterocycles. The van der Waals surface area contributed by atoms with E-state index in [1.165, 1.54) is 0 Å². The highest BCUT2D eigenvalue weighted by molar-refractivity contribution is 5.76. The number of hydrogen-bond donors (Lipinski definition) is 1. The molecule has 136 valence electrons. The molecule has 2 atom stereocenters. The van der Waals surface area contributed by atoms with Crippen LogP contribution in [-0.4, -0.2) is 28.5 Å². The van der Waals surface area contributed by atoms with Crippen LogP contribution < -0.4 is 0 Å². The van der Waals surface area contributed by atoms with E-state index in [0.29, 0.717) is 25.0 Å². The number of amides is 1. The Hall–Kier alpha value is -2.01. The summed E-state index contributed by atoms with van der Waals surface area (Å²) in [6.07, 6.45) is 6.69. The second-order valence-corrected chi connectivity index (χ2v) is 6.87. The molecule has 0 saturated carbocycles. The lowest BCUT2D eigenvalue weighted by atomic mass is 10.0. The van der Waals surface area contributed by atoms with E-state index in [0.717, 1.165) is 43.7 Å². The summed E-state index contributed by atoms with van der Waals surface area (Å²) in [4.78, 5) is 14.8. The minimum absolute atomic E-state index is 0.0634. The number of aryl methyl sites for hydroxylation is 2. The second-order valence-electron chi connectivity index (χ2n) is 6.87. The Morgan fingerprint density at radius 3 is 2.92 bits per heavy atom. The van der Waals surface area contributed by atoms with Crippen molar-refractivity contribution in [2.75, 3.05) is 6.54 Å². The molecule has 1 aliphatic rings. The third kappa shape index (κ3) is 4.75. The lowest BCUT2D eigenvalue weighted by molar-refractivity contribution is -0.134. The number of nitrogens with zero attached hydrogens (tertiary/aromatic N) is 1. The minimum Gasteiger partial charge on any atom is -0.467 e. The highest BCUT2D eigenvalue weighted by atomic mass is 16.4. The number of carbonyl (C=O) groups is 1. The van der Waals surface area contributed by atoms with Crippen LogP contribution in [0.4, 0.5) is 0 Å². The summed E-state index contributed by atoms with van der Waals surface area (Å²) < 4.78 is 10.9. The van der Waals surface area contributed by atoms with Crippen LogP contribution in [0.15, 0.2) is 39.4 Å². The number of furan rings is 2. The molecule has 3 heterocycles. The summed E-state index contributed by atoms with van der Waals surface area (Å²) in [5.74, 6) is 2.44.